The topological polar surface area (TPSA) is 6.48 Å². The number of anilines is 6. The van der Waals surface area contributed by atoms with Gasteiger partial charge in [-0.25, -0.2) is 0 Å². The highest BCUT2D eigenvalue weighted by Crippen LogP contribution is 2.70. The zero-order valence-corrected chi connectivity index (χ0v) is 48.1. The fraction of sp³-hybridized carbons (Fsp3) is 0.173. The molecule has 0 amide bonds. The molecule has 0 N–H and O–H groups in total. The lowest BCUT2D eigenvalue weighted by Gasteiger charge is -2.43. The molecular weight excluding hydrogens is 1000 g/mol. The van der Waals surface area contributed by atoms with Crippen molar-refractivity contribution in [3.8, 4) is 44.5 Å². The van der Waals surface area contributed by atoms with E-state index in [1.165, 1.54) is 159 Å². The van der Waals surface area contributed by atoms with Crippen molar-refractivity contribution < 1.29 is 0 Å². The van der Waals surface area contributed by atoms with Crippen molar-refractivity contribution in [3.05, 3.63) is 266 Å². The number of hydrogen-bond donors (Lipinski definition) is 0. The van der Waals surface area contributed by atoms with Crippen molar-refractivity contribution in [3.63, 3.8) is 0 Å². The SMILES string of the molecule is Cc1cc2c3c(c1)N(c1ccc(C(C)C)cc1)c1c(sc4c1-c1ccc(C(C)C)cc1C41c4ccccc4-c4ccccc41)B3c1sc3c(c1N2c1ccc(C(C)(C)C)cc1)-c1ccccc1C31c2ccccc2-c2ccccc21. The maximum atomic E-state index is 2.72. The van der Waals surface area contributed by atoms with Gasteiger partial charge >= 0.3 is 0 Å². The van der Waals surface area contributed by atoms with Crippen LogP contribution in [-0.2, 0) is 16.2 Å². The first-order valence-corrected chi connectivity index (χ1v) is 30.5. The molecule has 80 heavy (non-hydrogen) atoms. The summed E-state index contributed by atoms with van der Waals surface area (Å²) in [7, 11) is 0. The molecule has 0 radical (unpaired) electrons. The average molecular weight is 1060 g/mol. The standard InChI is InChI=1S/C75H59BN2S2/c1-42(2)45-29-34-48(35-30-45)77-62-39-44(5)40-63-66(62)76(72-68(77)65-55-38-31-46(43(3)4)41-61(55)75(70(65)80-72)58-26-16-11-21-52(58)53-22-12-17-27-59(53)75)71-67(78(63)49-36-32-47(33-37-49)73(6,7)8)64-54-23-13-18-28-60(54)74(69(64)79-71)56-24-14-9-19-50(56)51-20-10-15-25-57(51)74/h9-43H,1-8H3. The summed E-state index contributed by atoms with van der Waals surface area (Å²) in [6.07, 6.45) is 0. The monoisotopic (exact) mass is 1060 g/mol. The largest absolute Gasteiger partial charge is 0.310 e. The first kappa shape index (κ1) is 46.9. The normalized spacial score (nSPS) is 15.3. The van der Waals surface area contributed by atoms with E-state index in [0.29, 0.717) is 11.8 Å². The van der Waals surface area contributed by atoms with E-state index in [9.17, 15) is 0 Å². The Morgan fingerprint density at radius 3 is 1.23 bits per heavy atom. The Balaban J connectivity index is 1.04. The molecule has 5 heteroatoms. The first-order chi connectivity index (χ1) is 38.9. The van der Waals surface area contributed by atoms with Crippen LogP contribution in [0.3, 0.4) is 0 Å². The molecule has 2 nitrogen and oxygen atoms in total. The van der Waals surface area contributed by atoms with E-state index in [4.69, 9.17) is 0 Å². The quantitative estimate of drug-likeness (QED) is 0.162. The lowest BCUT2D eigenvalue weighted by Crippen LogP contribution is -2.59. The second-order valence-electron chi connectivity index (χ2n) is 25.1. The van der Waals surface area contributed by atoms with Crippen LogP contribution in [0.15, 0.2) is 200 Å². The van der Waals surface area contributed by atoms with Gasteiger partial charge in [0.1, 0.15) is 0 Å². The van der Waals surface area contributed by atoms with Gasteiger partial charge in [-0.05, 0) is 155 Å². The van der Waals surface area contributed by atoms with Crippen molar-refractivity contribution in [1.29, 1.82) is 0 Å². The Kier molecular flexibility index (Phi) is 9.45. The lowest BCUT2D eigenvalue weighted by atomic mass is 9.39. The number of rotatable bonds is 4. The number of nitrogens with zero attached hydrogens (tertiary/aromatic N) is 2. The molecule has 17 rings (SSSR count). The molecule has 4 heterocycles. The highest BCUT2D eigenvalue weighted by atomic mass is 32.1. The minimum atomic E-state index is -0.501. The average Bonchev–Trinajstić information content (AvgIpc) is 4.02. The predicted molar refractivity (Wildman–Crippen MR) is 340 cm³/mol. The number of benzene rings is 9. The second-order valence-corrected chi connectivity index (χ2v) is 27.2. The van der Waals surface area contributed by atoms with Crippen molar-refractivity contribution in [1.82, 2.24) is 0 Å². The summed E-state index contributed by atoms with van der Waals surface area (Å²) < 4.78 is 2.86. The van der Waals surface area contributed by atoms with Gasteiger partial charge in [-0.2, -0.15) is 0 Å². The zero-order chi connectivity index (χ0) is 53.9. The highest BCUT2D eigenvalue weighted by molar-refractivity contribution is 7.37. The molecule has 0 bridgehead atoms. The summed E-state index contributed by atoms with van der Waals surface area (Å²) in [6.45, 7) is 18.6. The van der Waals surface area contributed by atoms with Gasteiger partial charge in [-0.1, -0.05) is 212 Å². The van der Waals surface area contributed by atoms with Crippen LogP contribution in [0.25, 0.3) is 44.5 Å². The maximum absolute atomic E-state index is 2.72. The zero-order valence-electron chi connectivity index (χ0n) is 46.5. The molecule has 9 aromatic carbocycles. The molecule has 0 saturated heterocycles. The van der Waals surface area contributed by atoms with E-state index in [2.05, 4.69) is 288 Å². The van der Waals surface area contributed by atoms with Crippen LogP contribution >= 0.6 is 22.7 Å². The van der Waals surface area contributed by atoms with E-state index in [-0.39, 0.29) is 12.1 Å². The van der Waals surface area contributed by atoms with Gasteiger partial charge < -0.3 is 9.80 Å². The van der Waals surface area contributed by atoms with E-state index >= 15 is 0 Å². The Hall–Kier alpha value is -7.96. The molecule has 0 unspecified atom stereocenters. The van der Waals surface area contributed by atoms with Gasteiger partial charge in [0.25, 0.3) is 6.71 Å². The Labute approximate surface area is 478 Å². The summed E-state index contributed by atoms with van der Waals surface area (Å²) in [5.41, 5.74) is 32.5. The molecule has 384 valence electrons. The molecule has 0 saturated carbocycles. The van der Waals surface area contributed by atoms with Crippen LogP contribution in [-0.4, -0.2) is 6.71 Å². The van der Waals surface area contributed by atoms with Crippen molar-refractivity contribution in [2.45, 2.75) is 83.5 Å². The van der Waals surface area contributed by atoms with E-state index in [1.807, 2.05) is 0 Å². The fourth-order valence-corrected chi connectivity index (χ4v) is 19.1. The molecule has 0 fully saturated rings. The van der Waals surface area contributed by atoms with Crippen molar-refractivity contribution in [2.24, 2.45) is 0 Å². The fourth-order valence-electron chi connectivity index (χ4n) is 15.7. The lowest BCUT2D eigenvalue weighted by molar-refractivity contribution is 0.590. The predicted octanol–water partition coefficient (Wildman–Crippen LogP) is 18.4. The minimum Gasteiger partial charge on any atom is -0.310 e. The summed E-state index contributed by atoms with van der Waals surface area (Å²) >= 11 is 4.20. The Morgan fingerprint density at radius 1 is 0.412 bits per heavy atom. The van der Waals surface area contributed by atoms with Gasteiger partial charge in [0.15, 0.2) is 0 Å². The molecule has 2 aromatic heterocycles. The number of thiophene rings is 2. The van der Waals surface area contributed by atoms with Crippen LogP contribution in [0.2, 0.25) is 0 Å². The molecule has 2 spiro atoms. The van der Waals surface area contributed by atoms with Crippen LogP contribution in [0.1, 0.15) is 126 Å². The summed E-state index contributed by atoms with van der Waals surface area (Å²) in [4.78, 5) is 8.30. The van der Waals surface area contributed by atoms with Gasteiger partial charge in [-0.3, -0.25) is 0 Å². The minimum absolute atomic E-state index is 0.00562. The molecule has 11 aromatic rings. The van der Waals surface area contributed by atoms with Crippen LogP contribution < -0.4 is 24.8 Å². The van der Waals surface area contributed by atoms with Crippen molar-refractivity contribution in [2.75, 3.05) is 9.80 Å². The molecule has 4 aliphatic carbocycles. The maximum Gasteiger partial charge on any atom is 0.277 e. The van der Waals surface area contributed by atoms with Gasteiger partial charge in [-0.15, -0.1) is 22.7 Å². The number of hydrogen-bond acceptors (Lipinski definition) is 4. The number of fused-ring (bicyclic) bond motifs is 26. The summed E-state index contributed by atoms with van der Waals surface area (Å²) in [5.74, 6) is 0.791. The molecule has 6 aliphatic rings. The number of aryl methyl sites for hydroxylation is 1. The molecule has 0 atom stereocenters. The molecular formula is C75H59BN2S2. The Morgan fingerprint density at radius 2 is 0.787 bits per heavy atom. The second kappa shape index (κ2) is 16.1. The third-order valence-corrected chi connectivity index (χ3v) is 21.9. The first-order valence-electron chi connectivity index (χ1n) is 28.8. The van der Waals surface area contributed by atoms with Gasteiger partial charge in [0.2, 0.25) is 0 Å². The van der Waals surface area contributed by atoms with E-state index < -0.39 is 10.8 Å². The summed E-state index contributed by atoms with van der Waals surface area (Å²) in [6, 6.07) is 78.6. The summed E-state index contributed by atoms with van der Waals surface area (Å²) in [5, 5.41) is 0. The van der Waals surface area contributed by atoms with Crippen molar-refractivity contribution >= 4 is 78.5 Å². The third-order valence-electron chi connectivity index (χ3n) is 19.2. The highest BCUT2D eigenvalue weighted by Gasteiger charge is 2.60. The van der Waals surface area contributed by atoms with Crippen LogP contribution in [0.5, 0.6) is 0 Å². The van der Waals surface area contributed by atoms with Gasteiger partial charge in [0.05, 0.1) is 22.2 Å². The smallest absolute Gasteiger partial charge is 0.277 e. The van der Waals surface area contributed by atoms with Crippen LogP contribution in [0, 0.1) is 6.92 Å². The Bertz CT molecular complexity index is 4410. The molecule has 2 aliphatic heterocycles. The van der Waals surface area contributed by atoms with E-state index in [0.717, 1.165) is 0 Å². The van der Waals surface area contributed by atoms with Crippen LogP contribution in [0.4, 0.5) is 34.1 Å². The van der Waals surface area contributed by atoms with E-state index in [1.54, 1.807) is 0 Å². The van der Waals surface area contributed by atoms with Gasteiger partial charge in [0, 0.05) is 53.2 Å². The third kappa shape index (κ3) is 5.70.